The normalized spacial score (nSPS) is 14.0. The Morgan fingerprint density at radius 2 is 1.36 bits per heavy atom. The molecule has 0 saturated heterocycles. The van der Waals surface area contributed by atoms with Gasteiger partial charge in [0, 0.05) is 19.7 Å². The Morgan fingerprint density at radius 1 is 0.812 bits per heavy atom. The minimum atomic E-state index is -4.46. The van der Waals surface area contributed by atoms with Gasteiger partial charge in [0.05, 0.1) is 25.1 Å². The molecule has 64 heavy (non-hydrogen) atoms. The molecule has 1 unspecified atom stereocenters. The number of anilines is 1. The number of hydrogen-bond acceptors (Lipinski definition) is 10. The highest BCUT2D eigenvalue weighted by Crippen LogP contribution is 2.46. The van der Waals surface area contributed by atoms with E-state index in [4.69, 9.17) is 24.3 Å². The van der Waals surface area contributed by atoms with Crippen molar-refractivity contribution in [3.05, 3.63) is 78.1 Å². The van der Waals surface area contributed by atoms with Gasteiger partial charge in [0.25, 0.3) is 0 Å². The Morgan fingerprint density at radius 3 is 1.91 bits per heavy atom. The van der Waals surface area contributed by atoms with Crippen LogP contribution in [0, 0.1) is 17.7 Å². The molecule has 2 aromatic carbocycles. The van der Waals surface area contributed by atoms with Gasteiger partial charge < -0.3 is 24.3 Å². The number of esters is 1. The molecule has 2 heterocycles. The Bertz CT molecular complexity index is 1970. The highest BCUT2D eigenvalue weighted by molar-refractivity contribution is 7.52. The van der Waals surface area contributed by atoms with E-state index in [0.717, 1.165) is 37.5 Å². The van der Waals surface area contributed by atoms with Crippen molar-refractivity contribution >= 4 is 30.7 Å². The number of nitrogens with zero attached hydrogens (tertiary/aromatic N) is 4. The first-order valence-corrected chi connectivity index (χ1v) is 25.0. The Balaban J connectivity index is 1.26. The fraction of sp³-hybridized carbons (Fsp3) is 0.625. The lowest BCUT2D eigenvalue weighted by molar-refractivity contribution is -0.146. The van der Waals surface area contributed by atoms with Gasteiger partial charge in [-0.2, -0.15) is 19.4 Å². The number of nitrogen functional groups attached to an aromatic ring is 1. The number of methoxy groups -OCH3 is 1. The molecule has 0 aliphatic carbocycles. The molecule has 3 N–H and O–H groups in total. The van der Waals surface area contributed by atoms with Crippen LogP contribution in [0.2, 0.25) is 0 Å². The maximum Gasteiger partial charge on any atom is 0.459 e. The first kappa shape index (κ1) is 52.6. The Kier molecular flexibility index (Phi) is 23.6. The molecule has 0 amide bonds. The van der Waals surface area contributed by atoms with Crippen LogP contribution >= 0.6 is 7.75 Å². The average molecular weight is 917 g/mol. The summed E-state index contributed by atoms with van der Waals surface area (Å²) in [4.78, 5) is 25.2. The number of unbranched alkanes of at least 4 members (excludes halogenated alkanes) is 19. The number of fused-ring (bicyclic) bond motifs is 1. The van der Waals surface area contributed by atoms with Crippen LogP contribution in [0.1, 0.15) is 154 Å². The molecule has 0 saturated carbocycles. The molecule has 0 radical (unpaired) electrons. The number of aryl methyl sites for hydroxylation is 1. The number of aromatic nitrogens is 4. The molecule has 3 atom stereocenters. The fourth-order valence-corrected chi connectivity index (χ4v) is 9.19. The highest BCUT2D eigenvalue weighted by Gasteiger charge is 2.38. The number of halogens is 3. The lowest BCUT2D eigenvalue weighted by atomic mass is 10.0. The van der Waals surface area contributed by atoms with Crippen molar-refractivity contribution in [1.82, 2.24) is 24.6 Å². The van der Waals surface area contributed by atoms with Crippen LogP contribution in [0.25, 0.3) is 11.2 Å². The SMILES string of the molecule is CCCCCCCCCCCCCCCCCCCCCCOC(=O)[C@H](Cc1cc(F)cc(F)c1)NP(=O)(OC[C@](C)(CCn1cnc2c(N)nc(F)nc21)OC)Oc1ccccc1. The van der Waals surface area contributed by atoms with E-state index in [-0.39, 0.29) is 60.9 Å². The zero-order chi connectivity index (χ0) is 46.0. The second-order valence-electron chi connectivity index (χ2n) is 17.1. The molecule has 356 valence electrons. The summed E-state index contributed by atoms with van der Waals surface area (Å²) < 4.78 is 82.3. The van der Waals surface area contributed by atoms with E-state index in [9.17, 15) is 22.5 Å². The number of nitrogens with two attached hydrogens (primary N) is 1. The topological polar surface area (TPSA) is 153 Å². The number of imidazole rings is 1. The molecular formula is C48H72F3N6O6P. The number of carbonyl (C=O) groups is 1. The maximum atomic E-state index is 14.7. The summed E-state index contributed by atoms with van der Waals surface area (Å²) >= 11 is 0. The van der Waals surface area contributed by atoms with Gasteiger partial charge in [-0.15, -0.1) is 0 Å². The number of nitrogens with one attached hydrogen (secondary N) is 1. The third-order valence-corrected chi connectivity index (χ3v) is 13.1. The zero-order valence-electron chi connectivity index (χ0n) is 38.3. The van der Waals surface area contributed by atoms with Crippen LogP contribution in [0.3, 0.4) is 0 Å². The van der Waals surface area contributed by atoms with Gasteiger partial charge in [-0.3, -0.25) is 9.32 Å². The Labute approximate surface area is 378 Å². The van der Waals surface area contributed by atoms with E-state index >= 15 is 0 Å². The number of para-hydroxylation sites is 1. The number of ether oxygens (including phenoxy) is 2. The maximum absolute atomic E-state index is 14.7. The first-order chi connectivity index (χ1) is 30.9. The number of carbonyl (C=O) groups excluding carboxylic acids is 1. The second-order valence-corrected chi connectivity index (χ2v) is 18.8. The molecule has 0 aliphatic heterocycles. The highest BCUT2D eigenvalue weighted by atomic mass is 31.2. The van der Waals surface area contributed by atoms with Crippen molar-refractivity contribution in [1.29, 1.82) is 0 Å². The third-order valence-electron chi connectivity index (χ3n) is 11.5. The Hall–Kier alpha value is -4.04. The van der Waals surface area contributed by atoms with Crippen molar-refractivity contribution in [2.45, 2.75) is 173 Å². The van der Waals surface area contributed by atoms with Gasteiger partial charge in [-0.1, -0.05) is 147 Å². The van der Waals surface area contributed by atoms with Crippen LogP contribution in [-0.4, -0.2) is 57.5 Å². The number of rotatable bonds is 35. The van der Waals surface area contributed by atoms with Gasteiger partial charge in [-0.05, 0) is 56.0 Å². The molecule has 4 rings (SSSR count). The summed E-state index contributed by atoms with van der Waals surface area (Å²) in [6.45, 7) is 4.00. The van der Waals surface area contributed by atoms with Gasteiger partial charge in [0.1, 0.15) is 28.9 Å². The predicted molar refractivity (Wildman–Crippen MR) is 246 cm³/mol. The van der Waals surface area contributed by atoms with Gasteiger partial charge >= 0.3 is 19.8 Å². The van der Waals surface area contributed by atoms with Crippen LogP contribution < -0.4 is 15.3 Å². The fourth-order valence-electron chi connectivity index (χ4n) is 7.59. The standard InChI is InChI=1S/C48H72F3N6O6P/c1-4-5-6-7-8-9-10-11-12-13-14-15-16-17-18-19-20-21-22-26-31-61-46(58)42(34-38-32-39(49)35-40(50)33-38)56-64(59,63-41-27-24-23-25-28-41)62-36-48(2,60-3)29-30-57-37-53-43-44(52)54-47(51)55-45(43)57/h23-25,27-28,32-33,35,37,42H,4-22,26,29-31,34,36H2,1-3H3,(H,56,59)(H2,52,54,55)/t42-,48-,64?/m0/s1. The molecule has 2 aromatic heterocycles. The minimum Gasteiger partial charge on any atom is -0.465 e. The van der Waals surface area contributed by atoms with Gasteiger partial charge in [0.15, 0.2) is 11.5 Å². The number of hydrogen-bond donors (Lipinski definition) is 2. The quantitative estimate of drug-likeness (QED) is 0.0196. The molecule has 0 bridgehead atoms. The summed E-state index contributed by atoms with van der Waals surface area (Å²) in [5, 5.41) is 2.73. The molecule has 4 aromatic rings. The van der Waals surface area contributed by atoms with Crippen molar-refractivity contribution < 1.29 is 41.1 Å². The van der Waals surface area contributed by atoms with Gasteiger partial charge in [-0.25, -0.2) is 18.3 Å². The molecular weight excluding hydrogens is 845 g/mol. The lowest BCUT2D eigenvalue weighted by Gasteiger charge is -2.31. The second kappa shape index (κ2) is 28.8. The van der Waals surface area contributed by atoms with E-state index in [0.29, 0.717) is 6.42 Å². The molecule has 12 nitrogen and oxygen atoms in total. The first-order valence-electron chi connectivity index (χ1n) is 23.5. The van der Waals surface area contributed by atoms with E-state index in [2.05, 4.69) is 27.0 Å². The third kappa shape index (κ3) is 19.6. The molecule has 0 spiro atoms. The van der Waals surface area contributed by atoms with Crippen LogP contribution in [-0.2, 0) is 36.3 Å². The zero-order valence-corrected chi connectivity index (χ0v) is 39.2. The average Bonchev–Trinajstić information content (AvgIpc) is 3.68. The minimum absolute atomic E-state index is 0.0982. The summed E-state index contributed by atoms with van der Waals surface area (Å²) in [6, 6.07) is 9.78. The molecule has 0 aliphatic rings. The number of benzene rings is 2. The summed E-state index contributed by atoms with van der Waals surface area (Å²) in [6.07, 6.45) is 25.4. The summed E-state index contributed by atoms with van der Waals surface area (Å²) in [7, 11) is -3.01. The van der Waals surface area contributed by atoms with Crippen molar-refractivity contribution in [2.75, 3.05) is 26.1 Å². The smallest absolute Gasteiger partial charge is 0.459 e. The van der Waals surface area contributed by atoms with Crippen LogP contribution in [0.5, 0.6) is 5.75 Å². The van der Waals surface area contributed by atoms with Crippen LogP contribution in [0.15, 0.2) is 54.9 Å². The predicted octanol–water partition coefficient (Wildman–Crippen LogP) is 12.4. The van der Waals surface area contributed by atoms with E-state index in [1.54, 1.807) is 41.8 Å². The molecule has 16 heteroatoms. The summed E-state index contributed by atoms with van der Waals surface area (Å²) in [5.41, 5.74) is 5.27. The van der Waals surface area contributed by atoms with E-state index in [1.807, 2.05) is 0 Å². The summed E-state index contributed by atoms with van der Waals surface area (Å²) in [5.74, 6) is -2.36. The monoisotopic (exact) mass is 917 g/mol. The van der Waals surface area contributed by atoms with Crippen molar-refractivity contribution in [3.63, 3.8) is 0 Å². The van der Waals surface area contributed by atoms with E-state index in [1.165, 1.54) is 116 Å². The van der Waals surface area contributed by atoms with Crippen molar-refractivity contribution in [3.8, 4) is 5.75 Å². The van der Waals surface area contributed by atoms with Crippen molar-refractivity contribution in [2.24, 2.45) is 0 Å². The van der Waals surface area contributed by atoms with E-state index < -0.39 is 43.1 Å². The lowest BCUT2D eigenvalue weighted by Crippen LogP contribution is -2.41. The largest absolute Gasteiger partial charge is 0.465 e. The van der Waals surface area contributed by atoms with Crippen LogP contribution in [0.4, 0.5) is 19.0 Å². The van der Waals surface area contributed by atoms with Gasteiger partial charge in [0.2, 0.25) is 0 Å². The molecule has 0 fully saturated rings.